The van der Waals surface area contributed by atoms with Crippen LogP contribution in [0.1, 0.15) is 5.56 Å². The predicted molar refractivity (Wildman–Crippen MR) is 135 cm³/mol. The highest BCUT2D eigenvalue weighted by Crippen LogP contribution is 2.21. The number of piperazine rings is 1. The highest BCUT2D eigenvalue weighted by atomic mass is 127. The van der Waals surface area contributed by atoms with Gasteiger partial charge in [0.25, 0.3) is 0 Å². The lowest BCUT2D eigenvalue weighted by molar-refractivity contribution is 0.122. The molecule has 0 amide bonds. The van der Waals surface area contributed by atoms with E-state index in [1.54, 1.807) is 0 Å². The first-order valence-corrected chi connectivity index (χ1v) is 10.5. The molecule has 0 atom stereocenters. The summed E-state index contributed by atoms with van der Waals surface area (Å²) in [5, 5.41) is 3.59. The normalized spacial score (nSPS) is 17.5. The van der Waals surface area contributed by atoms with E-state index in [0.29, 0.717) is 0 Å². The Morgan fingerprint density at radius 1 is 0.867 bits per heavy atom. The maximum Gasteiger partial charge on any atom is 0.194 e. The molecule has 0 unspecified atom stereocenters. The van der Waals surface area contributed by atoms with E-state index in [-0.39, 0.29) is 24.0 Å². The number of nitrogens with zero attached hydrogens (tertiary/aromatic N) is 4. The van der Waals surface area contributed by atoms with Crippen molar-refractivity contribution in [2.24, 2.45) is 4.99 Å². The number of nitrogens with one attached hydrogen (secondary N) is 1. The van der Waals surface area contributed by atoms with Crippen LogP contribution < -0.4 is 15.1 Å². The fraction of sp³-hybridized carbons (Fsp3) is 0.435. The first-order chi connectivity index (χ1) is 14.3. The molecule has 0 bridgehead atoms. The van der Waals surface area contributed by atoms with Crippen LogP contribution >= 0.6 is 24.0 Å². The Hall–Kier alpha value is -2.00. The monoisotopic (exact) mass is 521 g/mol. The predicted octanol–water partition coefficient (Wildman–Crippen LogP) is 3.04. The molecule has 30 heavy (non-hydrogen) atoms. The zero-order chi connectivity index (χ0) is 19.9. The van der Waals surface area contributed by atoms with E-state index >= 15 is 0 Å². The van der Waals surface area contributed by atoms with Crippen LogP contribution in [-0.2, 0) is 11.3 Å². The number of hydrogen-bond donors (Lipinski definition) is 1. The van der Waals surface area contributed by atoms with Gasteiger partial charge in [-0.3, -0.25) is 4.99 Å². The molecule has 2 aromatic rings. The van der Waals surface area contributed by atoms with Gasteiger partial charge < -0.3 is 24.8 Å². The van der Waals surface area contributed by atoms with Gasteiger partial charge >= 0.3 is 0 Å². The number of aliphatic imine (C=N–C) groups is 1. The average Bonchev–Trinajstić information content (AvgIpc) is 2.81. The Balaban J connectivity index is 0.00000256. The molecule has 162 valence electrons. The summed E-state index contributed by atoms with van der Waals surface area (Å²) in [4.78, 5) is 11.8. The van der Waals surface area contributed by atoms with Crippen LogP contribution in [0.15, 0.2) is 59.6 Å². The number of para-hydroxylation sites is 2. The Labute approximate surface area is 196 Å². The molecule has 2 aliphatic rings. The van der Waals surface area contributed by atoms with Gasteiger partial charge in [0.2, 0.25) is 0 Å². The van der Waals surface area contributed by atoms with Crippen molar-refractivity contribution in [2.75, 3.05) is 69.3 Å². The minimum Gasteiger partial charge on any atom is -0.378 e. The summed E-state index contributed by atoms with van der Waals surface area (Å²) < 4.78 is 5.51. The summed E-state index contributed by atoms with van der Waals surface area (Å²) in [5.74, 6) is 0.981. The SMILES string of the molecule is CN=C(NCc1ccccc1N1CCOCC1)N1CCN(c2ccccc2)CC1.I. The molecule has 1 N–H and O–H groups in total. The highest BCUT2D eigenvalue weighted by Gasteiger charge is 2.20. The number of halogens is 1. The molecule has 2 saturated heterocycles. The summed E-state index contributed by atoms with van der Waals surface area (Å²) in [6, 6.07) is 19.3. The second-order valence-electron chi connectivity index (χ2n) is 7.44. The minimum atomic E-state index is 0. The van der Waals surface area contributed by atoms with Crippen LogP contribution in [-0.4, -0.2) is 70.4 Å². The van der Waals surface area contributed by atoms with Crippen molar-refractivity contribution in [3.8, 4) is 0 Å². The van der Waals surface area contributed by atoms with Gasteiger partial charge in [0.05, 0.1) is 13.2 Å². The van der Waals surface area contributed by atoms with E-state index in [4.69, 9.17) is 4.74 Å². The molecule has 7 heteroatoms. The quantitative estimate of drug-likeness (QED) is 0.381. The molecular formula is C23H32IN5O. The van der Waals surface area contributed by atoms with Gasteiger partial charge in [0.15, 0.2) is 5.96 Å². The first-order valence-electron chi connectivity index (χ1n) is 10.5. The van der Waals surface area contributed by atoms with Crippen molar-refractivity contribution in [1.29, 1.82) is 0 Å². The summed E-state index contributed by atoms with van der Waals surface area (Å²) in [6.07, 6.45) is 0. The standard InChI is InChI=1S/C23H31N5O.HI/c1-24-23(28-13-11-26(12-14-28)21-8-3-2-4-9-21)25-19-20-7-5-6-10-22(20)27-15-17-29-18-16-27;/h2-10H,11-19H2,1H3,(H,24,25);1H. The third-order valence-electron chi connectivity index (χ3n) is 5.69. The van der Waals surface area contributed by atoms with Crippen molar-refractivity contribution in [3.05, 3.63) is 60.2 Å². The third-order valence-corrected chi connectivity index (χ3v) is 5.69. The lowest BCUT2D eigenvalue weighted by atomic mass is 10.1. The van der Waals surface area contributed by atoms with Crippen molar-refractivity contribution in [1.82, 2.24) is 10.2 Å². The molecule has 2 heterocycles. The van der Waals surface area contributed by atoms with Gasteiger partial charge in [0, 0.05) is 64.2 Å². The van der Waals surface area contributed by atoms with E-state index in [9.17, 15) is 0 Å². The number of benzene rings is 2. The number of anilines is 2. The fourth-order valence-corrected chi connectivity index (χ4v) is 4.09. The van der Waals surface area contributed by atoms with Crippen molar-refractivity contribution in [2.45, 2.75) is 6.54 Å². The largest absolute Gasteiger partial charge is 0.378 e. The maximum atomic E-state index is 5.51. The molecule has 6 nitrogen and oxygen atoms in total. The molecule has 2 aliphatic heterocycles. The Kier molecular flexibility index (Phi) is 8.62. The van der Waals surface area contributed by atoms with E-state index in [2.05, 4.69) is 79.6 Å². The molecule has 0 saturated carbocycles. The molecular weight excluding hydrogens is 489 g/mol. The average molecular weight is 521 g/mol. The Bertz CT molecular complexity index is 802. The molecule has 0 aromatic heterocycles. The second kappa shape index (κ2) is 11.4. The van der Waals surface area contributed by atoms with Crippen LogP contribution in [0.3, 0.4) is 0 Å². The van der Waals surface area contributed by atoms with Gasteiger partial charge in [0.1, 0.15) is 0 Å². The van der Waals surface area contributed by atoms with E-state index in [0.717, 1.165) is 65.0 Å². The topological polar surface area (TPSA) is 43.3 Å². The van der Waals surface area contributed by atoms with E-state index < -0.39 is 0 Å². The molecule has 0 radical (unpaired) electrons. The number of rotatable bonds is 4. The number of morpholine rings is 1. The summed E-state index contributed by atoms with van der Waals surface area (Å²) >= 11 is 0. The first kappa shape index (κ1) is 22.7. The smallest absolute Gasteiger partial charge is 0.194 e. The van der Waals surface area contributed by atoms with Crippen LogP contribution in [0, 0.1) is 0 Å². The third kappa shape index (κ3) is 5.57. The van der Waals surface area contributed by atoms with Crippen molar-refractivity contribution in [3.63, 3.8) is 0 Å². The van der Waals surface area contributed by atoms with Crippen molar-refractivity contribution >= 4 is 41.3 Å². The van der Waals surface area contributed by atoms with Gasteiger partial charge in [-0.05, 0) is 23.8 Å². The van der Waals surface area contributed by atoms with Crippen LogP contribution in [0.4, 0.5) is 11.4 Å². The lowest BCUT2D eigenvalue weighted by Crippen LogP contribution is -2.52. The zero-order valence-corrected chi connectivity index (χ0v) is 20.0. The van der Waals surface area contributed by atoms with Crippen LogP contribution in [0.5, 0.6) is 0 Å². The number of hydrogen-bond acceptors (Lipinski definition) is 4. The molecule has 0 aliphatic carbocycles. The van der Waals surface area contributed by atoms with Crippen LogP contribution in [0.2, 0.25) is 0 Å². The fourth-order valence-electron chi connectivity index (χ4n) is 4.09. The molecule has 2 aromatic carbocycles. The Morgan fingerprint density at radius 3 is 2.23 bits per heavy atom. The van der Waals surface area contributed by atoms with E-state index in [1.165, 1.54) is 16.9 Å². The molecule has 4 rings (SSSR count). The van der Waals surface area contributed by atoms with Gasteiger partial charge in [-0.15, -0.1) is 24.0 Å². The van der Waals surface area contributed by atoms with Gasteiger partial charge in [-0.2, -0.15) is 0 Å². The summed E-state index contributed by atoms with van der Waals surface area (Å²) in [5.41, 5.74) is 3.90. The van der Waals surface area contributed by atoms with E-state index in [1.807, 2.05) is 7.05 Å². The minimum absolute atomic E-state index is 0. The molecule has 0 spiro atoms. The van der Waals surface area contributed by atoms with Crippen LogP contribution in [0.25, 0.3) is 0 Å². The zero-order valence-electron chi connectivity index (χ0n) is 17.7. The van der Waals surface area contributed by atoms with Gasteiger partial charge in [-0.1, -0.05) is 36.4 Å². The molecule has 2 fully saturated rings. The van der Waals surface area contributed by atoms with Crippen molar-refractivity contribution < 1.29 is 4.74 Å². The maximum absolute atomic E-state index is 5.51. The summed E-state index contributed by atoms with van der Waals surface area (Å²) in [6.45, 7) is 8.24. The summed E-state index contributed by atoms with van der Waals surface area (Å²) in [7, 11) is 1.87. The number of ether oxygens (including phenoxy) is 1. The second-order valence-corrected chi connectivity index (χ2v) is 7.44. The lowest BCUT2D eigenvalue weighted by Gasteiger charge is -2.38. The highest BCUT2D eigenvalue weighted by molar-refractivity contribution is 14.0. The number of guanidine groups is 1. The Morgan fingerprint density at radius 2 is 1.53 bits per heavy atom. The van der Waals surface area contributed by atoms with Gasteiger partial charge in [-0.25, -0.2) is 0 Å².